The van der Waals surface area contributed by atoms with E-state index in [1.165, 1.54) is 31.2 Å². The van der Waals surface area contributed by atoms with Crippen molar-refractivity contribution < 1.29 is 95.0 Å². The largest absolute Gasteiger partial charge is 1.00 e. The maximum atomic E-state index is 12.5. The third kappa shape index (κ3) is 7.04. The summed E-state index contributed by atoms with van der Waals surface area (Å²) >= 11 is 0. The van der Waals surface area contributed by atoms with E-state index < -0.39 is 41.7 Å². The minimum absolute atomic E-state index is 0. The number of nitrogens with two attached hydrogens (primary N) is 1. The predicted octanol–water partition coefficient (Wildman–Crippen LogP) is -3.56. The number of rotatable bonds is 6. The zero-order valence-electron chi connectivity index (χ0n) is 19.8. The molecule has 3 N–H and O–H groups in total. The maximum Gasteiger partial charge on any atom is 1.00 e. The molecule has 3 rings (SSSR count). The minimum Gasteiger partial charge on any atom is -0.872 e. The van der Waals surface area contributed by atoms with Crippen molar-refractivity contribution in [3.63, 3.8) is 0 Å². The van der Waals surface area contributed by atoms with E-state index in [4.69, 9.17) is 5.73 Å². The summed E-state index contributed by atoms with van der Waals surface area (Å²) in [6.07, 6.45) is 0. The van der Waals surface area contributed by atoms with Crippen molar-refractivity contribution in [1.82, 2.24) is 0 Å². The number of amides is 1. The quantitative estimate of drug-likeness (QED) is 0.134. The molecular formula is C20H18N4Na2O8S2. The molecule has 3 aromatic rings. The Morgan fingerprint density at radius 1 is 1.06 bits per heavy atom. The molecule has 0 aliphatic rings. The molecule has 0 radical (unpaired) electrons. The molecule has 0 unspecified atom stereocenters. The first kappa shape index (κ1) is 32.4. The number of azo groups is 1. The van der Waals surface area contributed by atoms with E-state index in [2.05, 4.69) is 10.2 Å². The van der Waals surface area contributed by atoms with Gasteiger partial charge in [0.15, 0.2) is 0 Å². The molecule has 0 aliphatic heterocycles. The number of nitrogens with zero attached hydrogens (tertiary/aromatic N) is 3. The van der Waals surface area contributed by atoms with E-state index in [9.17, 15) is 35.8 Å². The van der Waals surface area contributed by atoms with Gasteiger partial charge in [-0.3, -0.25) is 9.35 Å². The van der Waals surface area contributed by atoms with Gasteiger partial charge in [0.2, 0.25) is 5.91 Å². The van der Waals surface area contributed by atoms with E-state index in [1.54, 1.807) is 6.92 Å². The third-order valence-corrected chi connectivity index (χ3v) is 6.52. The molecule has 3 aromatic carbocycles. The number of carbonyl (C=O) groups is 1. The van der Waals surface area contributed by atoms with Gasteiger partial charge in [-0.25, -0.2) is 8.42 Å². The van der Waals surface area contributed by atoms with Gasteiger partial charge in [0.05, 0.1) is 22.0 Å². The summed E-state index contributed by atoms with van der Waals surface area (Å²) in [6, 6.07) is 7.91. The van der Waals surface area contributed by atoms with Crippen molar-refractivity contribution in [2.24, 2.45) is 10.2 Å². The molecule has 16 heteroatoms. The first-order valence-corrected chi connectivity index (χ1v) is 12.4. The summed E-state index contributed by atoms with van der Waals surface area (Å²) in [5.74, 6) is -1.28. The molecule has 0 heterocycles. The van der Waals surface area contributed by atoms with Crippen molar-refractivity contribution in [3.05, 3.63) is 42.5 Å². The molecule has 36 heavy (non-hydrogen) atoms. The van der Waals surface area contributed by atoms with Gasteiger partial charge in [-0.05, 0) is 42.6 Å². The molecule has 0 aliphatic carbocycles. The van der Waals surface area contributed by atoms with Crippen molar-refractivity contribution in [2.45, 2.75) is 23.6 Å². The second-order valence-corrected chi connectivity index (χ2v) is 9.84. The van der Waals surface area contributed by atoms with Gasteiger partial charge < -0.3 is 20.3 Å². The number of fused-ring (bicyclic) bond motifs is 1. The molecule has 12 nitrogen and oxygen atoms in total. The summed E-state index contributed by atoms with van der Waals surface area (Å²) in [7, 11) is -9.63. The van der Waals surface area contributed by atoms with Crippen LogP contribution in [0.4, 0.5) is 22.7 Å². The van der Waals surface area contributed by atoms with Crippen molar-refractivity contribution >= 4 is 59.7 Å². The summed E-state index contributed by atoms with van der Waals surface area (Å²) in [4.78, 5) is 11.7. The van der Waals surface area contributed by atoms with Crippen LogP contribution in [0.5, 0.6) is 5.75 Å². The summed E-state index contributed by atoms with van der Waals surface area (Å²) in [5.41, 5.74) is 5.66. The van der Waals surface area contributed by atoms with E-state index in [-0.39, 0.29) is 99.2 Å². The summed E-state index contributed by atoms with van der Waals surface area (Å²) < 4.78 is 67.3. The zero-order valence-corrected chi connectivity index (χ0v) is 25.4. The molecule has 0 saturated heterocycles. The van der Waals surface area contributed by atoms with Crippen LogP contribution in [0.3, 0.4) is 0 Å². The van der Waals surface area contributed by atoms with Crippen LogP contribution in [0.1, 0.15) is 13.8 Å². The van der Waals surface area contributed by atoms with E-state index in [0.717, 1.165) is 17.0 Å². The molecule has 0 fully saturated rings. The summed E-state index contributed by atoms with van der Waals surface area (Å²) in [5, 5.41) is 20.3. The van der Waals surface area contributed by atoms with Crippen molar-refractivity contribution in [3.8, 4) is 5.75 Å². The molecule has 0 aromatic heterocycles. The van der Waals surface area contributed by atoms with Gasteiger partial charge >= 0.3 is 59.1 Å². The Bertz CT molecular complexity index is 1560. The minimum atomic E-state index is -4.88. The van der Waals surface area contributed by atoms with Crippen LogP contribution in [-0.4, -0.2) is 38.4 Å². The second-order valence-electron chi connectivity index (χ2n) is 7.07. The Kier molecular flexibility index (Phi) is 11.1. The van der Waals surface area contributed by atoms with Crippen LogP contribution in [0.25, 0.3) is 10.8 Å². The van der Waals surface area contributed by atoms with Crippen LogP contribution < -0.4 is 74.9 Å². The average Bonchev–Trinajstić information content (AvgIpc) is 2.72. The van der Waals surface area contributed by atoms with E-state index in [1.807, 2.05) is 0 Å². The zero-order chi connectivity index (χ0) is 25.4. The standard InChI is InChI=1S/C20H20N4O8S2.2Na/c1-3-24(11(2)25)16-7-5-13(9-18(16)34(30,31)32)22-23-20-15(21)6-4-12-8-14(33(27,28)29)10-17(26)19(12)20;;/h4-10,26H,3,21H2,1-2H3,(H,27,28,29)(H,30,31,32);;/q;2*+1/p-2. The second kappa shape index (κ2) is 12.3. The SMILES string of the molecule is CCN(C(C)=O)c1ccc(N=Nc2c(N)ccc3cc(S(=O)(=O)[O-])cc([O-])c23)cc1S(=O)(=O)O.[Na+].[Na+]. The number of nitrogen functional groups attached to an aromatic ring is 1. The maximum absolute atomic E-state index is 12.5. The van der Waals surface area contributed by atoms with Crippen LogP contribution in [0, 0.1) is 0 Å². The fourth-order valence-electron chi connectivity index (χ4n) is 3.32. The van der Waals surface area contributed by atoms with Gasteiger partial charge in [-0.2, -0.15) is 13.5 Å². The third-order valence-electron chi connectivity index (χ3n) is 4.82. The first-order chi connectivity index (χ1) is 15.7. The molecule has 0 spiro atoms. The van der Waals surface area contributed by atoms with Crippen LogP contribution in [0.2, 0.25) is 0 Å². The number of carbonyl (C=O) groups excluding carboxylic acids is 1. The van der Waals surface area contributed by atoms with E-state index in [0.29, 0.717) is 6.07 Å². The monoisotopic (exact) mass is 552 g/mol. The Morgan fingerprint density at radius 2 is 1.69 bits per heavy atom. The molecule has 180 valence electrons. The fraction of sp³-hybridized carbons (Fsp3) is 0.150. The average molecular weight is 552 g/mol. The van der Waals surface area contributed by atoms with Crippen LogP contribution >= 0.6 is 0 Å². The topological polar surface area (TPSA) is 206 Å². The Morgan fingerprint density at radius 3 is 2.22 bits per heavy atom. The molecule has 1 amide bonds. The number of hydrogen-bond acceptors (Lipinski definition) is 10. The fourth-order valence-corrected chi connectivity index (χ4v) is 4.55. The van der Waals surface area contributed by atoms with Crippen molar-refractivity contribution in [1.29, 1.82) is 0 Å². The van der Waals surface area contributed by atoms with Gasteiger partial charge in [-0.1, -0.05) is 17.9 Å². The molecular weight excluding hydrogens is 534 g/mol. The Balaban J connectivity index is 0.00000324. The Labute approximate surface area is 251 Å². The molecule has 0 saturated carbocycles. The normalized spacial score (nSPS) is 11.7. The first-order valence-electron chi connectivity index (χ1n) is 9.54. The van der Waals surface area contributed by atoms with Gasteiger partial charge in [0, 0.05) is 18.9 Å². The number of anilines is 2. The van der Waals surface area contributed by atoms with Gasteiger partial charge in [-0.15, -0.1) is 5.11 Å². The molecule has 0 bridgehead atoms. The number of hydrogen-bond donors (Lipinski definition) is 2. The Hall–Kier alpha value is -1.59. The summed E-state index contributed by atoms with van der Waals surface area (Å²) in [6.45, 7) is 2.99. The van der Waals surface area contributed by atoms with Crippen LogP contribution in [-0.2, 0) is 25.0 Å². The van der Waals surface area contributed by atoms with Crippen LogP contribution in [0.15, 0.2) is 62.5 Å². The van der Waals surface area contributed by atoms with Gasteiger partial charge in [0.1, 0.15) is 20.7 Å². The van der Waals surface area contributed by atoms with Gasteiger partial charge in [0.25, 0.3) is 10.1 Å². The molecule has 0 atom stereocenters. The van der Waals surface area contributed by atoms with Crippen molar-refractivity contribution in [2.75, 3.05) is 17.2 Å². The van der Waals surface area contributed by atoms with E-state index >= 15 is 0 Å². The number of benzene rings is 3. The smallest absolute Gasteiger partial charge is 0.872 e. The predicted molar refractivity (Wildman–Crippen MR) is 120 cm³/mol.